The van der Waals surface area contributed by atoms with E-state index in [2.05, 4.69) is 21.0 Å². The monoisotopic (exact) mass is 232 g/mol. The van der Waals surface area contributed by atoms with Gasteiger partial charge in [0.05, 0.1) is 11.1 Å². The molecular weight excluding hydrogens is 220 g/mol. The fraction of sp³-hybridized carbons (Fsp3) is 0.364. The van der Waals surface area contributed by atoms with E-state index in [4.69, 9.17) is 5.73 Å². The van der Waals surface area contributed by atoms with Gasteiger partial charge in [0.2, 0.25) is 0 Å². The van der Waals surface area contributed by atoms with Gasteiger partial charge in [-0.15, -0.1) is 0 Å². The van der Waals surface area contributed by atoms with Crippen molar-refractivity contribution in [2.75, 3.05) is 11.5 Å². The van der Waals surface area contributed by atoms with E-state index in [1.54, 1.807) is 0 Å². The van der Waals surface area contributed by atoms with Crippen LogP contribution in [-0.2, 0) is 12.2 Å². The molecule has 0 fully saturated rings. The highest BCUT2D eigenvalue weighted by molar-refractivity contribution is 7.98. The summed E-state index contributed by atoms with van der Waals surface area (Å²) in [5, 5.41) is 0.885. The van der Waals surface area contributed by atoms with E-state index < -0.39 is 0 Å². The Kier molecular flexibility index (Phi) is 2.21. The fourth-order valence-corrected chi connectivity index (χ4v) is 2.91. The predicted octanol–water partition coefficient (Wildman–Crippen LogP) is 1.70. The van der Waals surface area contributed by atoms with Gasteiger partial charge in [-0.3, -0.25) is 0 Å². The number of aromatic nitrogens is 3. The van der Waals surface area contributed by atoms with Gasteiger partial charge >= 0.3 is 0 Å². The summed E-state index contributed by atoms with van der Waals surface area (Å²) >= 11 is 1.92. The first-order valence-corrected chi connectivity index (χ1v) is 6.40. The maximum absolute atomic E-state index is 5.89. The molecule has 1 aliphatic heterocycles. The lowest BCUT2D eigenvalue weighted by Gasteiger charge is -2.15. The molecule has 1 aliphatic rings. The lowest BCUT2D eigenvalue weighted by atomic mass is 10.1. The van der Waals surface area contributed by atoms with E-state index in [0.29, 0.717) is 11.6 Å². The zero-order chi connectivity index (χ0) is 11.1. The molecule has 0 saturated heterocycles. The molecule has 0 amide bonds. The first-order chi connectivity index (χ1) is 7.74. The fourth-order valence-electron chi connectivity index (χ4n) is 1.96. The summed E-state index contributed by atoms with van der Waals surface area (Å²) in [7, 11) is 0. The molecule has 0 bridgehead atoms. The van der Waals surface area contributed by atoms with Gasteiger partial charge in [0, 0.05) is 5.75 Å². The third kappa shape index (κ3) is 1.51. The first-order valence-electron chi connectivity index (χ1n) is 5.24. The minimum absolute atomic E-state index is 0.538. The van der Waals surface area contributed by atoms with Gasteiger partial charge < -0.3 is 5.73 Å². The Balaban J connectivity index is 2.31. The number of nitrogens with zero attached hydrogens (tertiary/aromatic N) is 3. The van der Waals surface area contributed by atoms with Crippen LogP contribution < -0.4 is 5.73 Å². The third-order valence-corrected chi connectivity index (χ3v) is 3.72. The molecule has 2 aromatic rings. The minimum atomic E-state index is 0.538. The Morgan fingerprint density at radius 3 is 3.06 bits per heavy atom. The van der Waals surface area contributed by atoms with E-state index in [-0.39, 0.29) is 0 Å². The van der Waals surface area contributed by atoms with Gasteiger partial charge in [-0.25, -0.2) is 15.0 Å². The first kappa shape index (κ1) is 9.84. The summed E-state index contributed by atoms with van der Waals surface area (Å²) in [4.78, 5) is 13.1. The second-order valence-electron chi connectivity index (χ2n) is 3.92. The molecule has 5 heteroatoms. The number of hydrogen-bond donors (Lipinski definition) is 1. The second kappa shape index (κ2) is 3.59. The van der Waals surface area contributed by atoms with Crippen LogP contribution in [0.4, 0.5) is 5.82 Å². The lowest BCUT2D eigenvalue weighted by molar-refractivity contribution is 1.01. The number of rotatable bonds is 0. The van der Waals surface area contributed by atoms with E-state index in [0.717, 1.165) is 34.7 Å². The average molecular weight is 232 g/mol. The molecule has 16 heavy (non-hydrogen) atoms. The van der Waals surface area contributed by atoms with Crippen LogP contribution in [0, 0.1) is 6.92 Å². The quantitative estimate of drug-likeness (QED) is 0.749. The average Bonchev–Trinajstić information content (AvgIpc) is 2.27. The number of aryl methyl sites for hydroxylation is 2. The maximum Gasteiger partial charge on any atom is 0.165 e. The number of nitrogens with two attached hydrogens (primary N) is 1. The van der Waals surface area contributed by atoms with Crippen molar-refractivity contribution in [1.29, 1.82) is 0 Å². The molecule has 0 aliphatic carbocycles. The van der Waals surface area contributed by atoms with Crippen molar-refractivity contribution < 1.29 is 0 Å². The molecular formula is C11H12N4S. The Morgan fingerprint density at radius 1 is 1.31 bits per heavy atom. The number of thioether (sulfide) groups is 1. The van der Waals surface area contributed by atoms with Crippen LogP contribution in [0.25, 0.3) is 11.0 Å². The smallest absolute Gasteiger partial charge is 0.165 e. The molecule has 2 aromatic heterocycles. The van der Waals surface area contributed by atoms with E-state index >= 15 is 0 Å². The van der Waals surface area contributed by atoms with Crippen LogP contribution >= 0.6 is 11.8 Å². The Morgan fingerprint density at radius 2 is 2.19 bits per heavy atom. The van der Waals surface area contributed by atoms with Crippen molar-refractivity contribution >= 4 is 28.6 Å². The molecule has 0 saturated carbocycles. The van der Waals surface area contributed by atoms with Crippen LogP contribution in [-0.4, -0.2) is 20.7 Å². The van der Waals surface area contributed by atoms with Crippen molar-refractivity contribution in [3.8, 4) is 0 Å². The lowest BCUT2D eigenvalue weighted by Crippen LogP contribution is -2.07. The van der Waals surface area contributed by atoms with Crippen molar-refractivity contribution in [1.82, 2.24) is 15.0 Å². The summed E-state index contributed by atoms with van der Waals surface area (Å²) in [6, 6.07) is 2.10. The minimum Gasteiger partial charge on any atom is -0.383 e. The highest BCUT2D eigenvalue weighted by Gasteiger charge is 2.14. The summed E-state index contributed by atoms with van der Waals surface area (Å²) < 4.78 is 0. The molecule has 82 valence electrons. The number of fused-ring (bicyclic) bond motifs is 2. The third-order valence-electron chi connectivity index (χ3n) is 2.75. The molecule has 3 rings (SSSR count). The molecule has 2 N–H and O–H groups in total. The topological polar surface area (TPSA) is 64.7 Å². The van der Waals surface area contributed by atoms with Crippen LogP contribution in [0.5, 0.6) is 0 Å². The standard InChI is InChI=1S/C11H12N4S/c1-6-13-10(12)8-4-7-2-3-16-5-9(7)15-11(8)14-6/h4H,2-3,5H2,1H3,(H2,12,13,14,15). The Labute approximate surface area is 97.7 Å². The zero-order valence-electron chi connectivity index (χ0n) is 9.03. The molecule has 3 heterocycles. The van der Waals surface area contributed by atoms with E-state index in [9.17, 15) is 0 Å². The number of pyridine rings is 1. The summed E-state index contributed by atoms with van der Waals surface area (Å²) in [5.41, 5.74) is 9.07. The van der Waals surface area contributed by atoms with Gasteiger partial charge in [-0.2, -0.15) is 11.8 Å². The van der Waals surface area contributed by atoms with Gasteiger partial charge in [0.25, 0.3) is 0 Å². The number of hydrogen-bond acceptors (Lipinski definition) is 5. The predicted molar refractivity (Wildman–Crippen MR) is 66.3 cm³/mol. The summed E-state index contributed by atoms with van der Waals surface area (Å²) in [5.74, 6) is 3.36. The van der Waals surface area contributed by atoms with Gasteiger partial charge in [0.15, 0.2) is 5.65 Å². The van der Waals surface area contributed by atoms with Crippen molar-refractivity contribution in [2.45, 2.75) is 19.1 Å². The van der Waals surface area contributed by atoms with Crippen molar-refractivity contribution in [3.05, 3.63) is 23.1 Å². The van der Waals surface area contributed by atoms with Crippen LogP contribution in [0.1, 0.15) is 17.1 Å². The van der Waals surface area contributed by atoms with E-state index in [1.165, 1.54) is 5.56 Å². The van der Waals surface area contributed by atoms with Gasteiger partial charge in [-0.1, -0.05) is 0 Å². The number of nitrogen functional groups attached to an aromatic ring is 1. The van der Waals surface area contributed by atoms with Crippen molar-refractivity contribution in [3.63, 3.8) is 0 Å². The van der Waals surface area contributed by atoms with Gasteiger partial charge in [0.1, 0.15) is 11.6 Å². The summed E-state index contributed by atoms with van der Waals surface area (Å²) in [6.45, 7) is 1.84. The molecule has 0 spiro atoms. The second-order valence-corrected chi connectivity index (χ2v) is 5.03. The Hall–Kier alpha value is -1.36. The molecule has 0 unspecified atom stereocenters. The van der Waals surface area contributed by atoms with Crippen molar-refractivity contribution in [2.24, 2.45) is 0 Å². The highest BCUT2D eigenvalue weighted by atomic mass is 32.2. The normalized spacial score (nSPS) is 15.1. The maximum atomic E-state index is 5.89. The van der Waals surface area contributed by atoms with Crippen LogP contribution in [0.3, 0.4) is 0 Å². The summed E-state index contributed by atoms with van der Waals surface area (Å²) in [6.07, 6.45) is 1.07. The largest absolute Gasteiger partial charge is 0.383 e. The SMILES string of the molecule is Cc1nc(N)c2cc3c(nc2n1)CSCC3. The molecule has 0 atom stereocenters. The molecule has 0 aromatic carbocycles. The number of anilines is 1. The molecule has 0 radical (unpaired) electrons. The van der Waals surface area contributed by atoms with Crippen LogP contribution in [0.2, 0.25) is 0 Å². The van der Waals surface area contributed by atoms with Crippen LogP contribution in [0.15, 0.2) is 6.07 Å². The molecule has 4 nitrogen and oxygen atoms in total. The Bertz CT molecular complexity index is 567. The van der Waals surface area contributed by atoms with E-state index in [1.807, 2.05) is 18.7 Å². The highest BCUT2D eigenvalue weighted by Crippen LogP contribution is 2.27. The zero-order valence-corrected chi connectivity index (χ0v) is 9.84. The van der Waals surface area contributed by atoms with Gasteiger partial charge in [-0.05, 0) is 30.7 Å².